The number of carboxylic acids is 1. The number of allylic oxidation sites excluding steroid dienone is 1. The van der Waals surface area contributed by atoms with Gasteiger partial charge in [-0.15, -0.1) is 0 Å². The highest BCUT2D eigenvalue weighted by atomic mass is 16.4. The van der Waals surface area contributed by atoms with E-state index in [1.807, 2.05) is 25.1 Å². The third-order valence-electron chi connectivity index (χ3n) is 5.44. The van der Waals surface area contributed by atoms with Crippen molar-refractivity contribution in [1.29, 1.82) is 0 Å². The Kier molecular flexibility index (Phi) is 6.36. The lowest BCUT2D eigenvalue weighted by atomic mass is 9.82. The Bertz CT molecular complexity index is 895. The van der Waals surface area contributed by atoms with Crippen molar-refractivity contribution in [1.82, 2.24) is 10.3 Å². The van der Waals surface area contributed by atoms with Crippen LogP contribution in [0.2, 0.25) is 0 Å². The van der Waals surface area contributed by atoms with Gasteiger partial charge in [0.25, 0.3) is 5.91 Å². The van der Waals surface area contributed by atoms with Gasteiger partial charge < -0.3 is 15.5 Å². The zero-order valence-electron chi connectivity index (χ0n) is 16.8. The van der Waals surface area contributed by atoms with Crippen molar-refractivity contribution in [2.24, 2.45) is 5.10 Å². The van der Waals surface area contributed by atoms with Crippen molar-refractivity contribution in [3.8, 4) is 0 Å². The van der Waals surface area contributed by atoms with Crippen LogP contribution >= 0.6 is 0 Å². The molecular weight excluding hydrogens is 370 g/mol. The summed E-state index contributed by atoms with van der Waals surface area (Å²) in [6.45, 7) is 3.02. The number of carbonyl (C=O) groups is 2. The van der Waals surface area contributed by atoms with Gasteiger partial charge in [0.05, 0.1) is 5.70 Å². The minimum absolute atomic E-state index is 0.0876. The lowest BCUT2D eigenvalue weighted by Crippen LogP contribution is -2.37. The number of fused-ring (bicyclic) bond motifs is 1. The molecule has 0 saturated heterocycles. The zero-order chi connectivity index (χ0) is 21.0. The molecule has 7 heteroatoms. The zero-order valence-corrected chi connectivity index (χ0v) is 16.8. The molecule has 154 valence electrons. The summed E-state index contributed by atoms with van der Waals surface area (Å²) in [4.78, 5) is 23.5. The van der Waals surface area contributed by atoms with Crippen LogP contribution in [0.5, 0.6) is 0 Å². The maximum absolute atomic E-state index is 12.6. The van der Waals surface area contributed by atoms with Gasteiger partial charge in [0, 0.05) is 17.3 Å². The number of carboxylic acid groups (broad SMARTS) is 1. The van der Waals surface area contributed by atoms with Gasteiger partial charge in [-0.3, -0.25) is 9.59 Å². The number of nitrogens with one attached hydrogen (secondary N) is 1. The molecule has 0 unspecified atom stereocenters. The van der Waals surface area contributed by atoms with Crippen molar-refractivity contribution >= 4 is 29.5 Å². The van der Waals surface area contributed by atoms with Gasteiger partial charge >= 0.3 is 5.97 Å². The van der Waals surface area contributed by atoms with Crippen LogP contribution in [-0.2, 0) is 9.59 Å². The Morgan fingerprint density at radius 1 is 1.21 bits per heavy atom. The number of aliphatic carboxylic acids is 1. The summed E-state index contributed by atoms with van der Waals surface area (Å²) in [5.74, 6) is -1.57. The molecular formula is C22H27N3O4. The molecule has 1 saturated carbocycles. The summed E-state index contributed by atoms with van der Waals surface area (Å²) in [6, 6.07) is 5.94. The van der Waals surface area contributed by atoms with E-state index in [9.17, 15) is 14.7 Å². The number of benzene rings is 1. The van der Waals surface area contributed by atoms with E-state index in [1.54, 1.807) is 6.92 Å². The molecule has 1 aliphatic carbocycles. The van der Waals surface area contributed by atoms with Gasteiger partial charge in [0.15, 0.2) is 11.5 Å². The Morgan fingerprint density at radius 2 is 1.93 bits per heavy atom. The van der Waals surface area contributed by atoms with Crippen LogP contribution in [0.4, 0.5) is 0 Å². The average Bonchev–Trinajstić information content (AvgIpc) is 2.73. The lowest BCUT2D eigenvalue weighted by molar-refractivity contribution is -0.137. The van der Waals surface area contributed by atoms with Gasteiger partial charge in [-0.1, -0.05) is 37.5 Å². The number of nitrogens with zero attached hydrogens (tertiary/aromatic N) is 2. The molecule has 0 atom stereocenters. The van der Waals surface area contributed by atoms with Gasteiger partial charge in [0.2, 0.25) is 0 Å². The molecule has 29 heavy (non-hydrogen) atoms. The van der Waals surface area contributed by atoms with E-state index in [0.29, 0.717) is 17.2 Å². The fourth-order valence-corrected chi connectivity index (χ4v) is 4.09. The highest BCUT2D eigenvalue weighted by molar-refractivity contribution is 6.04. The first kappa shape index (κ1) is 20.6. The first-order chi connectivity index (χ1) is 14.0. The average molecular weight is 397 g/mol. The molecule has 3 rings (SSSR count). The van der Waals surface area contributed by atoms with Crippen molar-refractivity contribution < 1.29 is 19.8 Å². The lowest BCUT2D eigenvalue weighted by Gasteiger charge is -2.32. The van der Waals surface area contributed by atoms with Crippen molar-refractivity contribution in [2.75, 3.05) is 6.54 Å². The van der Waals surface area contributed by atoms with Gasteiger partial charge in [0.1, 0.15) is 6.54 Å². The molecule has 1 aromatic carbocycles. The van der Waals surface area contributed by atoms with Crippen LogP contribution in [0.15, 0.2) is 35.1 Å². The van der Waals surface area contributed by atoms with Crippen molar-refractivity contribution in [2.45, 2.75) is 51.9 Å². The Hall–Kier alpha value is -3.09. The summed E-state index contributed by atoms with van der Waals surface area (Å²) < 4.78 is 0. The number of aliphatic hydroxyl groups excluding tert-OH is 1. The topological polar surface area (TPSA) is 102 Å². The van der Waals surface area contributed by atoms with Crippen LogP contribution < -0.4 is 5.32 Å². The quantitative estimate of drug-likeness (QED) is 0.655. The second-order valence-corrected chi connectivity index (χ2v) is 7.27. The monoisotopic (exact) mass is 397 g/mol. The highest BCUT2D eigenvalue weighted by Crippen LogP contribution is 2.41. The van der Waals surface area contributed by atoms with E-state index in [-0.39, 0.29) is 11.5 Å². The number of aliphatic hydroxyl groups is 1. The Labute approximate surface area is 170 Å². The van der Waals surface area contributed by atoms with Crippen LogP contribution in [-0.4, -0.2) is 39.9 Å². The Morgan fingerprint density at radius 3 is 2.55 bits per heavy atom. The van der Waals surface area contributed by atoms with Crippen molar-refractivity contribution in [3.05, 3.63) is 46.7 Å². The maximum atomic E-state index is 12.6. The molecule has 0 aromatic heterocycles. The largest absolute Gasteiger partial charge is 0.505 e. The molecule has 3 N–H and O–H groups in total. The molecule has 0 spiro atoms. The van der Waals surface area contributed by atoms with E-state index >= 15 is 0 Å². The van der Waals surface area contributed by atoms with Crippen LogP contribution in [0.3, 0.4) is 0 Å². The normalized spacial score (nSPS) is 19.0. The second kappa shape index (κ2) is 8.94. The van der Waals surface area contributed by atoms with E-state index in [1.165, 1.54) is 36.0 Å². The number of hydrazone groups is 1. The molecule has 7 nitrogen and oxygen atoms in total. The number of amides is 1. The van der Waals surface area contributed by atoms with Gasteiger partial charge in [-0.25, -0.2) is 5.01 Å². The van der Waals surface area contributed by atoms with E-state index < -0.39 is 18.4 Å². The fraction of sp³-hybridized carbons (Fsp3) is 0.409. The van der Waals surface area contributed by atoms with Crippen molar-refractivity contribution in [3.63, 3.8) is 0 Å². The number of carbonyl (C=O) groups excluding carboxylic acids is 1. The second-order valence-electron chi connectivity index (χ2n) is 7.27. The molecule has 1 fully saturated rings. The first-order valence-electron chi connectivity index (χ1n) is 10.0. The number of hydrogen-bond acceptors (Lipinski definition) is 5. The summed E-state index contributed by atoms with van der Waals surface area (Å²) >= 11 is 0. The predicted octanol–water partition coefficient (Wildman–Crippen LogP) is 3.84. The molecule has 0 bridgehead atoms. The molecule has 1 aliphatic heterocycles. The fourth-order valence-electron chi connectivity index (χ4n) is 4.09. The minimum Gasteiger partial charge on any atom is -0.505 e. The van der Waals surface area contributed by atoms with Gasteiger partial charge in [-0.2, -0.15) is 5.10 Å². The molecule has 2 aliphatic rings. The predicted molar refractivity (Wildman–Crippen MR) is 112 cm³/mol. The first-order valence-corrected chi connectivity index (χ1v) is 10.0. The summed E-state index contributed by atoms with van der Waals surface area (Å²) in [5, 5.41) is 27.7. The summed E-state index contributed by atoms with van der Waals surface area (Å²) in [5.41, 5.74) is 3.17. The van der Waals surface area contributed by atoms with Gasteiger partial charge in [-0.05, 0) is 44.2 Å². The molecule has 0 radical (unpaired) electrons. The maximum Gasteiger partial charge on any atom is 0.322 e. The van der Waals surface area contributed by atoms with E-state index in [2.05, 4.69) is 16.5 Å². The highest BCUT2D eigenvalue weighted by Gasteiger charge is 2.33. The van der Waals surface area contributed by atoms with Crippen LogP contribution in [0.25, 0.3) is 11.5 Å². The standard InChI is InChI=1S/C22H27N3O4/c1-3-18-17-12-15(14-8-6-5-7-9-14)10-11-16(17)21(28)20(25(18)24-4-2)22(29)23-13-19(26)27/h3-4,10-12,14,28H,5-9,13H2,1-2H3,(H,23,29)(H,26,27)/b18-3+,24-4-. The molecule has 1 heterocycles. The number of hydrogen-bond donors (Lipinski definition) is 3. The smallest absolute Gasteiger partial charge is 0.322 e. The molecule has 1 aromatic rings. The van der Waals surface area contributed by atoms with Crippen LogP contribution in [0.1, 0.15) is 68.6 Å². The minimum atomic E-state index is -1.16. The molecule has 1 amide bonds. The van der Waals surface area contributed by atoms with E-state index in [0.717, 1.165) is 18.4 Å². The number of rotatable bonds is 5. The third-order valence-corrected chi connectivity index (χ3v) is 5.44. The van der Waals surface area contributed by atoms with Crippen LogP contribution in [0, 0.1) is 0 Å². The van der Waals surface area contributed by atoms with E-state index in [4.69, 9.17) is 5.11 Å². The summed E-state index contributed by atoms with van der Waals surface area (Å²) in [6.07, 6.45) is 9.41. The third kappa shape index (κ3) is 4.18. The summed E-state index contributed by atoms with van der Waals surface area (Å²) in [7, 11) is 0. The SMILES string of the molecule is C/C=N\N1C(C(=O)NCC(=O)O)=C(O)c2ccc(C3CCCCC3)cc2/C1=C\C. The Balaban J connectivity index is 2.08.